The van der Waals surface area contributed by atoms with Crippen molar-refractivity contribution in [2.45, 2.75) is 39.0 Å². The van der Waals surface area contributed by atoms with Crippen LogP contribution in [0, 0.1) is 12.8 Å². The molecular formula is C18H23N3O2S2. The van der Waals surface area contributed by atoms with Crippen molar-refractivity contribution in [3.8, 4) is 0 Å². The average molecular weight is 378 g/mol. The van der Waals surface area contributed by atoms with Gasteiger partial charge in [0.2, 0.25) is 5.91 Å². The van der Waals surface area contributed by atoms with Crippen LogP contribution in [0.5, 0.6) is 0 Å². The Morgan fingerprint density at radius 3 is 2.72 bits per heavy atom. The fraction of sp³-hybridized carbons (Fsp3) is 0.500. The zero-order chi connectivity index (χ0) is 17.6. The Hall–Kier alpha value is -1.73. The summed E-state index contributed by atoms with van der Waals surface area (Å²) in [6, 6.07) is 3.69. The van der Waals surface area contributed by atoms with Crippen LogP contribution in [0.1, 0.15) is 47.5 Å². The summed E-state index contributed by atoms with van der Waals surface area (Å²) in [5, 5.41) is 7.18. The number of carbonyl (C=O) groups excluding carboxylic acids is 2. The predicted molar refractivity (Wildman–Crippen MR) is 102 cm³/mol. The molecule has 2 aromatic rings. The minimum Gasteiger partial charge on any atom is -0.328 e. The Morgan fingerprint density at radius 2 is 2.08 bits per heavy atom. The maximum Gasteiger partial charge on any atom is 0.264 e. The molecular weight excluding hydrogens is 354 g/mol. The summed E-state index contributed by atoms with van der Waals surface area (Å²) in [5.74, 6) is 0.258. The first-order chi connectivity index (χ1) is 12.1. The minimum absolute atomic E-state index is 0.0500. The van der Waals surface area contributed by atoms with E-state index in [1.165, 1.54) is 41.9 Å². The largest absolute Gasteiger partial charge is 0.328 e. The molecule has 25 heavy (non-hydrogen) atoms. The Morgan fingerprint density at radius 1 is 1.28 bits per heavy atom. The number of amides is 2. The smallest absolute Gasteiger partial charge is 0.264 e. The highest BCUT2D eigenvalue weighted by Crippen LogP contribution is 2.25. The van der Waals surface area contributed by atoms with Crippen molar-refractivity contribution in [3.63, 3.8) is 0 Å². The number of thiophene rings is 1. The number of rotatable bonds is 6. The molecule has 0 atom stereocenters. The molecule has 0 aliphatic heterocycles. The van der Waals surface area contributed by atoms with Crippen LogP contribution >= 0.6 is 22.7 Å². The van der Waals surface area contributed by atoms with E-state index < -0.39 is 0 Å². The van der Waals surface area contributed by atoms with E-state index in [1.807, 2.05) is 29.8 Å². The van der Waals surface area contributed by atoms with Gasteiger partial charge in [-0.2, -0.15) is 0 Å². The van der Waals surface area contributed by atoms with Gasteiger partial charge < -0.3 is 10.2 Å². The van der Waals surface area contributed by atoms with Crippen molar-refractivity contribution < 1.29 is 9.59 Å². The zero-order valence-electron chi connectivity index (χ0n) is 14.4. The van der Waals surface area contributed by atoms with E-state index >= 15 is 0 Å². The molecule has 1 fully saturated rings. The lowest BCUT2D eigenvalue weighted by molar-refractivity contribution is -0.117. The minimum atomic E-state index is -0.185. The highest BCUT2D eigenvalue weighted by Gasteiger charge is 2.24. The molecule has 1 aliphatic rings. The summed E-state index contributed by atoms with van der Waals surface area (Å²) < 4.78 is 0. The lowest BCUT2D eigenvalue weighted by Gasteiger charge is -2.29. The van der Waals surface area contributed by atoms with Gasteiger partial charge in [0, 0.05) is 11.9 Å². The fourth-order valence-electron chi connectivity index (χ4n) is 3.20. The zero-order valence-corrected chi connectivity index (χ0v) is 16.0. The predicted octanol–water partition coefficient (Wildman–Crippen LogP) is 4.17. The highest BCUT2D eigenvalue weighted by molar-refractivity contribution is 7.14. The number of hydrogen-bond acceptors (Lipinski definition) is 5. The normalized spacial score (nSPS) is 15.1. The molecule has 1 aliphatic carbocycles. The van der Waals surface area contributed by atoms with Crippen molar-refractivity contribution in [2.24, 2.45) is 5.92 Å². The second-order valence-electron chi connectivity index (χ2n) is 6.51. The van der Waals surface area contributed by atoms with Crippen LogP contribution < -0.4 is 5.32 Å². The topological polar surface area (TPSA) is 62.3 Å². The number of carbonyl (C=O) groups is 2. The van der Waals surface area contributed by atoms with E-state index in [4.69, 9.17) is 0 Å². The van der Waals surface area contributed by atoms with Crippen LogP contribution in [0.4, 0.5) is 5.13 Å². The summed E-state index contributed by atoms with van der Waals surface area (Å²) in [5.41, 5.74) is 0.883. The molecule has 0 spiro atoms. The van der Waals surface area contributed by atoms with Gasteiger partial charge in [0.25, 0.3) is 5.91 Å². The molecule has 0 saturated heterocycles. The molecule has 1 saturated carbocycles. The molecule has 134 valence electrons. The number of aryl methyl sites for hydroxylation is 1. The van der Waals surface area contributed by atoms with Gasteiger partial charge in [0.05, 0.1) is 10.6 Å². The Kier molecular flexibility index (Phi) is 6.20. The monoisotopic (exact) mass is 377 g/mol. The number of aromatic nitrogens is 1. The van der Waals surface area contributed by atoms with Gasteiger partial charge in [-0.25, -0.2) is 4.98 Å². The van der Waals surface area contributed by atoms with Crippen LogP contribution in [0.2, 0.25) is 0 Å². The number of nitrogens with zero attached hydrogens (tertiary/aromatic N) is 2. The van der Waals surface area contributed by atoms with Crippen molar-refractivity contribution in [2.75, 3.05) is 18.4 Å². The molecule has 7 heteroatoms. The van der Waals surface area contributed by atoms with Crippen LogP contribution in [0.3, 0.4) is 0 Å². The molecule has 0 unspecified atom stereocenters. The number of thiazole rings is 1. The summed E-state index contributed by atoms with van der Waals surface area (Å²) in [4.78, 5) is 31.9. The van der Waals surface area contributed by atoms with Crippen LogP contribution in [-0.2, 0) is 4.79 Å². The molecule has 3 rings (SSSR count). The Bertz CT molecular complexity index is 706. The van der Waals surface area contributed by atoms with Crippen molar-refractivity contribution in [1.82, 2.24) is 9.88 Å². The molecule has 1 N–H and O–H groups in total. The molecule has 0 aromatic carbocycles. The number of hydrogen-bond donors (Lipinski definition) is 1. The first kappa shape index (κ1) is 18.1. The van der Waals surface area contributed by atoms with E-state index in [1.54, 1.807) is 4.90 Å². The third-order valence-electron chi connectivity index (χ3n) is 4.42. The molecule has 0 radical (unpaired) electrons. The molecule has 2 heterocycles. The summed E-state index contributed by atoms with van der Waals surface area (Å²) in [6.07, 6.45) is 5.99. The van der Waals surface area contributed by atoms with Gasteiger partial charge in [-0.05, 0) is 37.1 Å². The van der Waals surface area contributed by atoms with Gasteiger partial charge in [0.15, 0.2) is 5.13 Å². The molecule has 5 nitrogen and oxygen atoms in total. The number of nitrogens with one attached hydrogen (secondary N) is 1. The maximum atomic E-state index is 12.8. The van der Waals surface area contributed by atoms with Gasteiger partial charge in [-0.15, -0.1) is 22.7 Å². The second kappa shape index (κ2) is 8.58. The van der Waals surface area contributed by atoms with Crippen molar-refractivity contribution in [3.05, 3.63) is 33.5 Å². The fourth-order valence-corrected chi connectivity index (χ4v) is 4.60. The van der Waals surface area contributed by atoms with Crippen LogP contribution in [0.15, 0.2) is 22.9 Å². The summed E-state index contributed by atoms with van der Waals surface area (Å²) >= 11 is 2.82. The maximum absolute atomic E-state index is 12.8. The molecule has 2 aromatic heterocycles. The standard InChI is InChI=1S/C18H23N3O2S2/c1-13-12-25-18(19-13)20-16(22)11-21(10-14-6-3-2-4-7-14)17(23)15-8-5-9-24-15/h5,8-9,12,14H,2-4,6-7,10-11H2,1H3,(H,19,20,22). The quantitative estimate of drug-likeness (QED) is 0.822. The van der Waals surface area contributed by atoms with Gasteiger partial charge in [0.1, 0.15) is 6.54 Å². The lowest BCUT2D eigenvalue weighted by Crippen LogP contribution is -2.41. The molecule has 0 bridgehead atoms. The third-order valence-corrected chi connectivity index (χ3v) is 6.16. The van der Waals surface area contributed by atoms with Gasteiger partial charge in [-0.1, -0.05) is 25.3 Å². The summed E-state index contributed by atoms with van der Waals surface area (Å²) in [6.45, 7) is 2.62. The summed E-state index contributed by atoms with van der Waals surface area (Å²) in [7, 11) is 0. The number of anilines is 1. The van der Waals surface area contributed by atoms with Crippen LogP contribution in [-0.4, -0.2) is 34.8 Å². The average Bonchev–Trinajstić information content (AvgIpc) is 3.26. The SMILES string of the molecule is Cc1csc(NC(=O)CN(CC2CCCCC2)C(=O)c2cccs2)n1. The van der Waals surface area contributed by atoms with E-state index in [2.05, 4.69) is 10.3 Å². The molecule has 2 amide bonds. The highest BCUT2D eigenvalue weighted by atomic mass is 32.1. The first-order valence-electron chi connectivity index (χ1n) is 8.66. The van der Waals surface area contributed by atoms with Crippen molar-refractivity contribution in [1.29, 1.82) is 0 Å². The Labute approximate surface area is 156 Å². The first-order valence-corrected chi connectivity index (χ1v) is 10.4. The van der Waals surface area contributed by atoms with E-state index in [0.29, 0.717) is 22.5 Å². The Balaban J connectivity index is 1.66. The van der Waals surface area contributed by atoms with Crippen LogP contribution in [0.25, 0.3) is 0 Å². The van der Waals surface area contributed by atoms with Gasteiger partial charge >= 0.3 is 0 Å². The van der Waals surface area contributed by atoms with Gasteiger partial charge in [-0.3, -0.25) is 9.59 Å². The van der Waals surface area contributed by atoms with E-state index in [0.717, 1.165) is 18.5 Å². The third kappa shape index (κ3) is 5.12. The van der Waals surface area contributed by atoms with E-state index in [9.17, 15) is 9.59 Å². The lowest BCUT2D eigenvalue weighted by atomic mass is 9.89. The van der Waals surface area contributed by atoms with Crippen molar-refractivity contribution >= 4 is 39.6 Å². The van der Waals surface area contributed by atoms with E-state index in [-0.39, 0.29) is 18.4 Å². The second-order valence-corrected chi connectivity index (χ2v) is 8.32.